The monoisotopic (exact) mass is 1280 g/mol. The maximum absolute atomic E-state index is 11.9. The molecule has 1 aliphatic rings. The Morgan fingerprint density at radius 3 is 1.40 bits per heavy atom. The second-order valence-electron chi connectivity index (χ2n) is 28.0. The van der Waals surface area contributed by atoms with Gasteiger partial charge in [-0.1, -0.05) is 201 Å². The Morgan fingerprint density at radius 2 is 0.989 bits per heavy atom. The van der Waals surface area contributed by atoms with E-state index in [2.05, 4.69) is 114 Å². The topological polar surface area (TPSA) is 205 Å². The van der Waals surface area contributed by atoms with Gasteiger partial charge in [-0.2, -0.15) is 0 Å². The minimum Gasteiger partial charge on any atom is -0.508 e. The van der Waals surface area contributed by atoms with Gasteiger partial charge in [0, 0.05) is 49.4 Å². The molecule has 0 amide bonds. The van der Waals surface area contributed by atoms with Crippen LogP contribution >= 0.6 is 0 Å². The third-order valence-corrected chi connectivity index (χ3v) is 25.2. The van der Waals surface area contributed by atoms with Crippen LogP contribution in [0.2, 0.25) is 36.3 Å². The summed E-state index contributed by atoms with van der Waals surface area (Å²) in [5.41, 5.74) is 4.34. The molecule has 90 heavy (non-hydrogen) atoms. The maximum Gasteiger partial charge on any atom is 0.349 e. The Hall–Kier alpha value is -6.57. The molecule has 0 unspecified atom stereocenters. The molecule has 5 aromatic carbocycles. The van der Waals surface area contributed by atoms with Crippen molar-refractivity contribution in [3.63, 3.8) is 0 Å². The van der Waals surface area contributed by atoms with Crippen molar-refractivity contribution >= 4 is 40.5 Å². The van der Waals surface area contributed by atoms with Gasteiger partial charge >= 0.3 is 23.9 Å². The number of phenolic OH excluding ortho intramolecular Hbond substituents is 3. The van der Waals surface area contributed by atoms with E-state index in [9.17, 15) is 29.4 Å². The van der Waals surface area contributed by atoms with Gasteiger partial charge in [0.05, 0.1) is 13.0 Å². The van der Waals surface area contributed by atoms with Crippen LogP contribution < -0.4 is 9.47 Å². The lowest BCUT2D eigenvalue weighted by Gasteiger charge is -2.37. The van der Waals surface area contributed by atoms with Crippen LogP contribution in [0.15, 0.2) is 139 Å². The molecule has 1 aliphatic heterocycles. The third kappa shape index (κ3) is 30.0. The summed E-state index contributed by atoms with van der Waals surface area (Å²) >= 11 is 0. The van der Waals surface area contributed by atoms with Crippen LogP contribution in [-0.4, -0.2) is 94.0 Å². The summed E-state index contributed by atoms with van der Waals surface area (Å²) in [4.78, 5) is 44.6. The molecule has 14 nitrogen and oxygen atoms in total. The first kappa shape index (κ1) is 83.4. The standard InChI is InChI=1S/C21H34O5Si.C17H30O2Si.C11H12O2.C11H16O2.C7H12O2.C6H6O.CH4/c1-16(22)24-15-19(23)26-18-12-10-9-11-17(18)21(5,6)13-14-25-27(7,8)20(2,3)4;1-16(2,3)20(6,7)19-13-12-17(4,5)14-10-8-9-11-15(14)18;1-11(2)7-10(12)13-9-6-4-3-5-8(9)11;1-11(2,7-8-12)9-5-3-4-6-10(9)13;1-4-9-7(8)5-6(2)3;7-6-4-2-1-3-5-6;/h9-12H,13-15H2,1-8H3;8-11,18H,12-13H2,1-7H3;3-6H,7H2,1-2H3;3-6,12-13H,7-8H2,1-2H3;5H,4H2,1-3H3;1-5,7H;1H4. The van der Waals surface area contributed by atoms with Crippen molar-refractivity contribution in [3.8, 4) is 28.7 Å². The van der Waals surface area contributed by atoms with E-state index in [1.165, 1.54) is 13.0 Å². The molecular formula is C74H114O14Si2. The smallest absolute Gasteiger partial charge is 0.349 e. The van der Waals surface area contributed by atoms with Crippen molar-refractivity contribution in [2.75, 3.05) is 33.0 Å². The summed E-state index contributed by atoms with van der Waals surface area (Å²) in [6.07, 6.45) is 4.31. The van der Waals surface area contributed by atoms with Crippen LogP contribution in [0.3, 0.4) is 0 Å². The average molecular weight is 1280 g/mol. The van der Waals surface area contributed by atoms with Gasteiger partial charge in [-0.3, -0.25) is 9.59 Å². The first-order chi connectivity index (χ1) is 41.0. The highest BCUT2D eigenvalue weighted by Gasteiger charge is 2.39. The number of aromatic hydroxyl groups is 3. The molecule has 0 fully saturated rings. The highest BCUT2D eigenvalue weighted by Crippen LogP contribution is 2.42. The highest BCUT2D eigenvalue weighted by molar-refractivity contribution is 6.74. The molecule has 6 rings (SSSR count). The Morgan fingerprint density at radius 1 is 0.578 bits per heavy atom. The molecule has 502 valence electrons. The van der Waals surface area contributed by atoms with E-state index in [0.29, 0.717) is 54.8 Å². The number of ether oxygens (including phenoxy) is 4. The predicted molar refractivity (Wildman–Crippen MR) is 372 cm³/mol. The number of para-hydroxylation sites is 5. The lowest BCUT2D eigenvalue weighted by Crippen LogP contribution is -2.41. The summed E-state index contributed by atoms with van der Waals surface area (Å²) in [7, 11) is -3.48. The first-order valence-corrected chi connectivity index (χ1v) is 36.5. The fourth-order valence-electron chi connectivity index (χ4n) is 8.34. The lowest BCUT2D eigenvalue weighted by atomic mass is 9.80. The van der Waals surface area contributed by atoms with Crippen LogP contribution in [0.4, 0.5) is 0 Å². The number of carbonyl (C=O) groups is 4. The number of hydrogen-bond donors (Lipinski definition) is 4. The molecule has 1 heterocycles. The van der Waals surface area contributed by atoms with Gasteiger partial charge in [-0.05, 0) is 140 Å². The van der Waals surface area contributed by atoms with Gasteiger partial charge in [0.25, 0.3) is 0 Å². The van der Waals surface area contributed by atoms with E-state index < -0.39 is 35.2 Å². The van der Waals surface area contributed by atoms with Crippen LogP contribution in [0.1, 0.15) is 180 Å². The normalized spacial score (nSPS) is 12.7. The molecule has 0 aliphatic carbocycles. The molecule has 4 N–H and O–H groups in total. The van der Waals surface area contributed by atoms with E-state index in [-0.39, 0.29) is 57.7 Å². The summed E-state index contributed by atoms with van der Waals surface area (Å²) in [5.74, 6) is 0.722. The van der Waals surface area contributed by atoms with Crippen molar-refractivity contribution in [3.05, 3.63) is 161 Å². The Kier molecular flexibility index (Phi) is 34.9. The predicted octanol–water partition coefficient (Wildman–Crippen LogP) is 17.8. The van der Waals surface area contributed by atoms with Crippen molar-refractivity contribution in [1.82, 2.24) is 0 Å². The average Bonchev–Trinajstić information content (AvgIpc) is 1.78. The number of aliphatic hydroxyl groups is 1. The van der Waals surface area contributed by atoms with Crippen LogP contribution in [0, 0.1) is 0 Å². The fourth-order valence-corrected chi connectivity index (χ4v) is 10.4. The number of aliphatic hydroxyl groups excluding tert-OH is 1. The molecule has 0 atom stereocenters. The van der Waals surface area contributed by atoms with E-state index in [1.54, 1.807) is 55.5 Å². The van der Waals surface area contributed by atoms with Crippen LogP contribution in [0.5, 0.6) is 28.7 Å². The maximum atomic E-state index is 11.9. The molecule has 0 saturated heterocycles. The van der Waals surface area contributed by atoms with Crippen molar-refractivity contribution < 1.29 is 67.4 Å². The van der Waals surface area contributed by atoms with Crippen molar-refractivity contribution in [1.29, 1.82) is 0 Å². The largest absolute Gasteiger partial charge is 0.508 e. The molecule has 0 radical (unpaired) electrons. The Bertz CT molecular complexity index is 2980. The molecule has 5 aromatic rings. The number of esters is 4. The SMILES string of the molecule is C.CC(=O)OCC(=O)Oc1ccccc1C(C)(C)CCO[Si](C)(C)C(C)(C)C.CC(C)(CCO)c1ccccc1O.CC(C)(CCO[Si](C)(C)C(C)(C)C)c1ccccc1O.CC1(C)CC(=O)Oc2ccccc21.CCOC(=O)C=C(C)C.Oc1ccccc1. The lowest BCUT2D eigenvalue weighted by molar-refractivity contribution is -0.152. The van der Waals surface area contributed by atoms with Gasteiger partial charge in [-0.15, -0.1) is 0 Å². The third-order valence-electron chi connectivity index (χ3n) is 16.1. The van der Waals surface area contributed by atoms with Crippen LogP contribution in [0.25, 0.3) is 0 Å². The number of rotatable bonds is 18. The summed E-state index contributed by atoms with van der Waals surface area (Å²) in [6, 6.07) is 38.8. The summed E-state index contributed by atoms with van der Waals surface area (Å²) in [6.45, 7) is 47.5. The molecule has 0 saturated carbocycles. The Balaban J connectivity index is 0.00000111. The second kappa shape index (κ2) is 37.7. The second-order valence-corrected chi connectivity index (χ2v) is 37.6. The summed E-state index contributed by atoms with van der Waals surface area (Å²) < 4.78 is 32.5. The van der Waals surface area contributed by atoms with Crippen molar-refractivity contribution in [2.45, 2.75) is 216 Å². The first-order valence-electron chi connectivity index (χ1n) is 30.7. The molecule has 16 heteroatoms. The quantitative estimate of drug-likeness (QED) is 0.0279. The van der Waals surface area contributed by atoms with E-state index in [4.69, 9.17) is 33.3 Å². The van der Waals surface area contributed by atoms with E-state index in [0.717, 1.165) is 47.3 Å². The van der Waals surface area contributed by atoms with Gasteiger partial charge in [-0.25, -0.2) is 9.59 Å². The van der Waals surface area contributed by atoms with Gasteiger partial charge < -0.3 is 48.2 Å². The van der Waals surface area contributed by atoms with E-state index in [1.807, 2.05) is 107 Å². The molecule has 0 bridgehead atoms. The number of carbonyl (C=O) groups excluding carboxylic acids is 4. The minimum atomic E-state index is -1.80. The zero-order valence-electron chi connectivity index (χ0n) is 57.9. The Labute approximate surface area is 544 Å². The van der Waals surface area contributed by atoms with Crippen LogP contribution in [-0.2, 0) is 59.2 Å². The fraction of sp³-hybridized carbons (Fsp3) is 0.514. The van der Waals surface area contributed by atoms with Crippen molar-refractivity contribution in [2.24, 2.45) is 0 Å². The molecule has 0 spiro atoms. The number of allylic oxidation sites excluding steroid dienone is 1. The number of phenols is 3. The summed E-state index contributed by atoms with van der Waals surface area (Å²) in [5, 5.41) is 37.5. The molecular weight excluding hydrogens is 1170 g/mol. The van der Waals surface area contributed by atoms with Gasteiger partial charge in [0.15, 0.2) is 23.2 Å². The van der Waals surface area contributed by atoms with Gasteiger partial charge in [0.1, 0.15) is 28.7 Å². The molecule has 0 aromatic heterocycles. The number of hydrogen-bond acceptors (Lipinski definition) is 14. The number of benzene rings is 5. The highest BCUT2D eigenvalue weighted by atomic mass is 28.4. The zero-order chi connectivity index (χ0) is 68.2. The van der Waals surface area contributed by atoms with Gasteiger partial charge in [0.2, 0.25) is 0 Å². The minimum absolute atomic E-state index is 0. The zero-order valence-corrected chi connectivity index (χ0v) is 59.9. The number of fused-ring (bicyclic) bond motifs is 1. The van der Waals surface area contributed by atoms with E-state index >= 15 is 0 Å².